The molecule has 1 aliphatic rings. The number of aliphatic hydroxyl groups excluding tert-OH is 1. The van der Waals surface area contributed by atoms with Crippen molar-refractivity contribution < 1.29 is 61.1 Å². The third-order valence-corrected chi connectivity index (χ3v) is 12.0. The predicted molar refractivity (Wildman–Crippen MR) is 165 cm³/mol. The van der Waals surface area contributed by atoms with Gasteiger partial charge in [0.05, 0.1) is 23.7 Å². The Labute approximate surface area is 269 Å². The van der Waals surface area contributed by atoms with Gasteiger partial charge in [-0.1, -0.05) is 28.7 Å². The second-order valence-electron chi connectivity index (χ2n) is 9.39. The Morgan fingerprint density at radius 1 is 1.11 bits per heavy atom. The minimum atomic E-state index is -5.71. The summed E-state index contributed by atoms with van der Waals surface area (Å²) in [5, 5.41) is 11.8. The second-order valence-corrected chi connectivity index (χ2v) is 16.2. The minimum absolute atomic E-state index is 0.0594. The number of aromatic nitrogens is 4. The van der Waals surface area contributed by atoms with E-state index in [2.05, 4.69) is 39.9 Å². The Kier molecular flexibility index (Phi) is 12.6. The highest BCUT2D eigenvalue weighted by Crippen LogP contribution is 2.66. The zero-order valence-electron chi connectivity index (χ0n) is 23.5. The standard InChI is InChI=1S/C23H28N5O13P3S2/c24-22-21-15(5-1-2-6-16(29)8-10-45-46-19-7-3-4-9-25-19)12-28(23(21)27-14-26-22)20-11-17(30)18(39-20)13-38-43(34,35)41-44(36,37)40-42(31,32)33/h3-4,7,9,12,14,17-18,20,30H,2,6,8,10-11,13H2,(H,34,35)(H,36,37)(H2,24,26,27)(H2,31,32,33)/t17?,18-,20-/m1/s1. The molecule has 0 saturated carbocycles. The third-order valence-electron chi connectivity index (χ3n) is 5.97. The molecule has 0 amide bonds. The van der Waals surface area contributed by atoms with Gasteiger partial charge < -0.3 is 39.7 Å². The molecule has 5 atom stereocenters. The monoisotopic (exact) mass is 739 g/mol. The summed E-state index contributed by atoms with van der Waals surface area (Å²) in [5.74, 6) is 6.74. The van der Waals surface area contributed by atoms with E-state index in [1.165, 1.54) is 21.7 Å². The van der Waals surface area contributed by atoms with Crippen LogP contribution in [0.4, 0.5) is 5.82 Å². The number of pyridine rings is 1. The van der Waals surface area contributed by atoms with Crippen LogP contribution in [-0.4, -0.2) is 74.6 Å². The Morgan fingerprint density at radius 2 is 1.89 bits per heavy atom. The van der Waals surface area contributed by atoms with E-state index in [4.69, 9.17) is 20.3 Å². The molecule has 0 bridgehead atoms. The fourth-order valence-electron chi connectivity index (χ4n) is 4.07. The summed E-state index contributed by atoms with van der Waals surface area (Å²) in [6.45, 7) is -0.835. The number of Topliss-reactive ketones (excluding diaryl/α,β-unsaturated/α-hetero) is 1. The molecule has 4 rings (SSSR count). The van der Waals surface area contributed by atoms with Crippen LogP contribution in [0.1, 0.15) is 37.5 Å². The molecule has 23 heteroatoms. The zero-order chi connectivity index (χ0) is 33.5. The number of carbonyl (C=O) groups excluding carboxylic acids is 1. The van der Waals surface area contributed by atoms with Crippen LogP contribution < -0.4 is 5.73 Å². The van der Waals surface area contributed by atoms with E-state index in [1.54, 1.807) is 23.2 Å². The molecule has 4 heterocycles. The number of nitrogens with two attached hydrogens (primary N) is 1. The van der Waals surface area contributed by atoms with E-state index >= 15 is 0 Å². The lowest BCUT2D eigenvalue weighted by molar-refractivity contribution is -0.118. The van der Waals surface area contributed by atoms with E-state index in [1.807, 2.05) is 18.2 Å². The first-order valence-corrected chi connectivity index (χ1v) is 19.9. The Bertz CT molecular complexity index is 1750. The summed E-state index contributed by atoms with van der Waals surface area (Å²) in [4.78, 5) is 61.0. The van der Waals surface area contributed by atoms with Crippen molar-refractivity contribution >= 4 is 67.7 Å². The van der Waals surface area contributed by atoms with Gasteiger partial charge in [0.1, 0.15) is 40.9 Å². The number of aliphatic hydroxyl groups is 1. The van der Waals surface area contributed by atoms with Gasteiger partial charge >= 0.3 is 23.5 Å². The van der Waals surface area contributed by atoms with Crippen molar-refractivity contribution in [2.45, 2.75) is 49.1 Å². The van der Waals surface area contributed by atoms with Gasteiger partial charge in [0, 0.05) is 43.8 Å². The van der Waals surface area contributed by atoms with Gasteiger partial charge in [0.15, 0.2) is 0 Å². The molecule has 1 aliphatic heterocycles. The van der Waals surface area contributed by atoms with Crippen LogP contribution in [0.5, 0.6) is 0 Å². The number of phosphoric ester groups is 1. The van der Waals surface area contributed by atoms with Crippen LogP contribution in [0.3, 0.4) is 0 Å². The summed E-state index contributed by atoms with van der Waals surface area (Å²) >= 11 is 0. The van der Waals surface area contributed by atoms with Gasteiger partial charge in [-0.15, -0.1) is 0 Å². The highest BCUT2D eigenvalue weighted by molar-refractivity contribution is 8.76. The number of ketones is 1. The van der Waals surface area contributed by atoms with Gasteiger partial charge in [-0.05, 0) is 22.9 Å². The zero-order valence-corrected chi connectivity index (χ0v) is 27.8. The van der Waals surface area contributed by atoms with Crippen LogP contribution >= 0.6 is 45.1 Å². The Morgan fingerprint density at radius 3 is 2.61 bits per heavy atom. The van der Waals surface area contributed by atoms with Crippen LogP contribution in [0, 0.1) is 11.8 Å². The Hall–Kier alpha value is -2.17. The van der Waals surface area contributed by atoms with Crippen molar-refractivity contribution in [1.29, 1.82) is 0 Å². The maximum atomic E-state index is 12.3. The van der Waals surface area contributed by atoms with Gasteiger partial charge in [-0.2, -0.15) is 8.62 Å². The lowest BCUT2D eigenvalue weighted by Crippen LogP contribution is -2.26. The highest BCUT2D eigenvalue weighted by Gasteiger charge is 2.43. The second kappa shape index (κ2) is 15.8. The largest absolute Gasteiger partial charge is 0.490 e. The van der Waals surface area contributed by atoms with Crippen molar-refractivity contribution in [2.24, 2.45) is 0 Å². The number of fused-ring (bicyclic) bond motifs is 1. The number of anilines is 1. The molecule has 0 spiro atoms. The molecule has 1 fully saturated rings. The summed E-state index contributed by atoms with van der Waals surface area (Å²) in [6.07, 6.45) is 1.93. The van der Waals surface area contributed by atoms with Crippen molar-refractivity contribution in [2.75, 3.05) is 18.1 Å². The number of ether oxygens (including phenoxy) is 1. The lowest BCUT2D eigenvalue weighted by Gasteiger charge is -2.19. The summed E-state index contributed by atoms with van der Waals surface area (Å²) in [6, 6.07) is 5.61. The lowest BCUT2D eigenvalue weighted by atomic mass is 10.1. The number of hydrogen-bond acceptors (Lipinski definition) is 15. The molecule has 18 nitrogen and oxygen atoms in total. The van der Waals surface area contributed by atoms with Crippen molar-refractivity contribution in [3.63, 3.8) is 0 Å². The normalized spacial score (nSPS) is 20.9. The topological polar surface area (TPSA) is 276 Å². The number of rotatable bonds is 15. The van der Waals surface area contributed by atoms with E-state index in [0.29, 0.717) is 35.2 Å². The molecule has 0 radical (unpaired) electrons. The van der Waals surface area contributed by atoms with Crippen LogP contribution in [0.2, 0.25) is 0 Å². The third kappa shape index (κ3) is 10.9. The van der Waals surface area contributed by atoms with Crippen molar-refractivity contribution in [3.8, 4) is 11.8 Å². The smallest absolute Gasteiger partial charge is 0.390 e. The molecule has 3 aromatic heterocycles. The van der Waals surface area contributed by atoms with Gasteiger partial charge in [-0.3, -0.25) is 9.32 Å². The molecule has 7 N–H and O–H groups in total. The van der Waals surface area contributed by atoms with E-state index in [9.17, 15) is 33.4 Å². The fourth-order valence-corrected chi connectivity index (χ4v) is 9.01. The van der Waals surface area contributed by atoms with Crippen LogP contribution in [-0.2, 0) is 36.4 Å². The fraction of sp³-hybridized carbons (Fsp3) is 0.391. The molecule has 0 aliphatic carbocycles. The summed E-state index contributed by atoms with van der Waals surface area (Å²) in [5.41, 5.74) is 6.82. The van der Waals surface area contributed by atoms with E-state index in [0.717, 1.165) is 5.03 Å². The maximum absolute atomic E-state index is 12.3. The molecule has 250 valence electrons. The first kappa shape index (κ1) is 36.7. The quantitative estimate of drug-likeness (QED) is 0.0565. The first-order valence-electron chi connectivity index (χ1n) is 13.1. The molecule has 3 unspecified atom stereocenters. The predicted octanol–water partition coefficient (Wildman–Crippen LogP) is 2.93. The SMILES string of the molecule is Nc1ncnc2c1c(C#CCCC(=O)CCSSc1ccccn1)cn2[C@H]1CC(O)[C@@H](COP(=O)(O)OP(=O)(O)OP(=O)(O)O)O1. The van der Waals surface area contributed by atoms with Crippen LogP contribution in [0.25, 0.3) is 11.0 Å². The van der Waals surface area contributed by atoms with Gasteiger partial charge in [0.25, 0.3) is 0 Å². The molecular formula is C23H28N5O13P3S2. The van der Waals surface area contributed by atoms with Crippen molar-refractivity contribution in [3.05, 3.63) is 42.5 Å². The molecule has 3 aromatic rings. The van der Waals surface area contributed by atoms with Gasteiger partial charge in [-0.25, -0.2) is 28.6 Å². The van der Waals surface area contributed by atoms with E-state index < -0.39 is 48.5 Å². The highest BCUT2D eigenvalue weighted by atomic mass is 33.1. The van der Waals surface area contributed by atoms with Gasteiger partial charge in [0.2, 0.25) is 0 Å². The number of hydrogen-bond donors (Lipinski definition) is 6. The number of nitrogens with zero attached hydrogens (tertiary/aromatic N) is 4. The van der Waals surface area contributed by atoms with Crippen molar-refractivity contribution in [1.82, 2.24) is 19.5 Å². The first-order chi connectivity index (χ1) is 21.6. The summed E-state index contributed by atoms with van der Waals surface area (Å²) in [7, 11) is -13.6. The number of phosphoric acid groups is 3. The minimum Gasteiger partial charge on any atom is -0.390 e. The average Bonchev–Trinajstić information content (AvgIpc) is 3.51. The molecule has 0 aromatic carbocycles. The number of carbonyl (C=O) groups is 1. The van der Waals surface area contributed by atoms with E-state index in [-0.39, 0.29) is 24.4 Å². The molecule has 1 saturated heterocycles. The molecular weight excluding hydrogens is 711 g/mol. The maximum Gasteiger partial charge on any atom is 0.490 e. The summed E-state index contributed by atoms with van der Waals surface area (Å²) < 4.78 is 53.6. The average molecular weight is 740 g/mol. The van der Waals surface area contributed by atoms with Crippen LogP contribution in [0.15, 0.2) is 41.9 Å². The number of nitrogen functional groups attached to an aromatic ring is 1. The molecule has 46 heavy (non-hydrogen) atoms. The Balaban J connectivity index is 1.35.